The van der Waals surface area contributed by atoms with E-state index < -0.39 is 0 Å². The zero-order chi connectivity index (χ0) is 13.2. The molecule has 1 aliphatic rings. The second-order valence-corrected chi connectivity index (χ2v) is 5.81. The first kappa shape index (κ1) is 12.9. The van der Waals surface area contributed by atoms with Crippen LogP contribution in [0.3, 0.4) is 0 Å². The van der Waals surface area contributed by atoms with Crippen LogP contribution in [0.2, 0.25) is 0 Å². The Kier molecular flexibility index (Phi) is 3.69. The molecule has 1 aromatic carbocycles. The molecule has 1 heterocycles. The molecule has 0 unspecified atom stereocenters. The molecule has 0 amide bonds. The Morgan fingerprint density at radius 2 is 1.79 bits per heavy atom. The number of hydrogen-bond donors (Lipinski definition) is 0. The van der Waals surface area contributed by atoms with Crippen molar-refractivity contribution in [2.45, 2.75) is 44.0 Å². The van der Waals surface area contributed by atoms with Crippen molar-refractivity contribution in [2.75, 3.05) is 0 Å². The smallest absolute Gasteiger partial charge is 0.143 e. The van der Waals surface area contributed by atoms with E-state index in [0.717, 1.165) is 29.8 Å². The number of aryl methyl sites for hydroxylation is 3. The second-order valence-electron chi connectivity index (χ2n) is 5.25. The van der Waals surface area contributed by atoms with Gasteiger partial charge in [-0.15, -0.1) is 10.2 Å². The quantitative estimate of drug-likeness (QED) is 0.788. The summed E-state index contributed by atoms with van der Waals surface area (Å²) < 4.78 is 2.34. The van der Waals surface area contributed by atoms with Gasteiger partial charge in [0.05, 0.1) is 5.33 Å². The van der Waals surface area contributed by atoms with E-state index in [9.17, 15) is 0 Å². The fourth-order valence-corrected chi connectivity index (χ4v) is 2.77. The van der Waals surface area contributed by atoms with Crippen LogP contribution in [0.15, 0.2) is 24.3 Å². The van der Waals surface area contributed by atoms with Crippen molar-refractivity contribution in [3.8, 4) is 0 Å². The van der Waals surface area contributed by atoms with Crippen LogP contribution in [0, 0.1) is 6.92 Å². The largest absolute Gasteiger partial charge is 0.311 e. The first-order chi connectivity index (χ1) is 9.28. The zero-order valence-electron chi connectivity index (χ0n) is 11.1. The summed E-state index contributed by atoms with van der Waals surface area (Å²) in [5.41, 5.74) is 2.68. The summed E-state index contributed by atoms with van der Waals surface area (Å²) in [6.45, 7) is 2.12. The number of benzene rings is 1. The van der Waals surface area contributed by atoms with Crippen molar-refractivity contribution in [2.24, 2.45) is 0 Å². The summed E-state index contributed by atoms with van der Waals surface area (Å²) in [5.74, 6) is 2.21. The van der Waals surface area contributed by atoms with Gasteiger partial charge in [-0.1, -0.05) is 45.8 Å². The third-order valence-electron chi connectivity index (χ3n) is 3.63. The predicted molar refractivity (Wildman–Crippen MR) is 79.5 cm³/mol. The van der Waals surface area contributed by atoms with Crippen molar-refractivity contribution in [3.05, 3.63) is 47.0 Å². The summed E-state index contributed by atoms with van der Waals surface area (Å²) in [6.07, 6.45) is 4.55. The van der Waals surface area contributed by atoms with Gasteiger partial charge in [-0.25, -0.2) is 0 Å². The number of halogens is 1. The molecule has 4 heteroatoms. The lowest BCUT2D eigenvalue weighted by molar-refractivity contribution is 0.654. The van der Waals surface area contributed by atoms with Gasteiger partial charge in [-0.2, -0.15) is 0 Å². The Labute approximate surface area is 122 Å². The molecule has 1 aliphatic carbocycles. The van der Waals surface area contributed by atoms with E-state index >= 15 is 0 Å². The second kappa shape index (κ2) is 5.45. The average molecular weight is 320 g/mol. The zero-order valence-corrected chi connectivity index (χ0v) is 12.7. The number of hydrogen-bond acceptors (Lipinski definition) is 2. The maximum Gasteiger partial charge on any atom is 0.143 e. The monoisotopic (exact) mass is 319 g/mol. The molecule has 2 aromatic rings. The van der Waals surface area contributed by atoms with Crippen LogP contribution in [0.25, 0.3) is 0 Å². The Balaban J connectivity index is 1.73. The molecule has 0 atom stereocenters. The van der Waals surface area contributed by atoms with Gasteiger partial charge < -0.3 is 4.57 Å². The summed E-state index contributed by atoms with van der Waals surface area (Å²) in [4.78, 5) is 0. The maximum absolute atomic E-state index is 4.36. The van der Waals surface area contributed by atoms with E-state index in [-0.39, 0.29) is 0 Å². The van der Waals surface area contributed by atoms with Gasteiger partial charge in [0.1, 0.15) is 11.6 Å². The Morgan fingerprint density at radius 1 is 1.11 bits per heavy atom. The van der Waals surface area contributed by atoms with Crippen LogP contribution in [-0.2, 0) is 18.2 Å². The number of nitrogens with zero attached hydrogens (tertiary/aromatic N) is 3. The molecule has 0 radical (unpaired) electrons. The molecule has 1 aromatic heterocycles. The molecular formula is C15H18BrN3. The Bertz CT molecular complexity index is 555. The van der Waals surface area contributed by atoms with Crippen LogP contribution in [-0.4, -0.2) is 14.8 Å². The van der Waals surface area contributed by atoms with Crippen LogP contribution in [0.5, 0.6) is 0 Å². The lowest BCUT2D eigenvalue weighted by Gasteiger charge is -2.07. The summed E-state index contributed by atoms with van der Waals surface area (Å²) >= 11 is 3.50. The molecule has 0 N–H and O–H groups in total. The van der Waals surface area contributed by atoms with Crippen LogP contribution in [0.1, 0.15) is 41.7 Å². The van der Waals surface area contributed by atoms with Crippen molar-refractivity contribution >= 4 is 15.9 Å². The van der Waals surface area contributed by atoms with Crippen molar-refractivity contribution in [1.29, 1.82) is 0 Å². The molecule has 19 heavy (non-hydrogen) atoms. The number of alkyl halides is 1. The maximum atomic E-state index is 4.36. The normalized spacial score (nSPS) is 14.8. The van der Waals surface area contributed by atoms with E-state index in [0.29, 0.717) is 6.04 Å². The van der Waals surface area contributed by atoms with Crippen LogP contribution < -0.4 is 0 Å². The third kappa shape index (κ3) is 2.89. The Morgan fingerprint density at radius 3 is 2.42 bits per heavy atom. The fraction of sp³-hybridized carbons (Fsp3) is 0.467. The fourth-order valence-electron chi connectivity index (χ4n) is 2.39. The summed E-state index contributed by atoms with van der Waals surface area (Å²) in [7, 11) is 0. The van der Waals surface area contributed by atoms with E-state index in [1.807, 2.05) is 0 Å². The van der Waals surface area contributed by atoms with Crippen molar-refractivity contribution in [1.82, 2.24) is 14.8 Å². The van der Waals surface area contributed by atoms with Gasteiger partial charge in [-0.3, -0.25) is 0 Å². The molecule has 3 rings (SSSR count). The molecule has 1 fully saturated rings. The van der Waals surface area contributed by atoms with Crippen molar-refractivity contribution in [3.63, 3.8) is 0 Å². The van der Waals surface area contributed by atoms with Gasteiger partial charge >= 0.3 is 0 Å². The highest BCUT2D eigenvalue weighted by molar-refractivity contribution is 9.08. The molecule has 0 aliphatic heterocycles. The molecule has 1 saturated carbocycles. The van der Waals surface area contributed by atoms with Gasteiger partial charge in [0.2, 0.25) is 0 Å². The minimum atomic E-state index is 0.649. The number of aromatic nitrogens is 3. The first-order valence-corrected chi connectivity index (χ1v) is 7.94. The van der Waals surface area contributed by atoms with Gasteiger partial charge in [0.25, 0.3) is 0 Å². The third-order valence-corrected chi connectivity index (χ3v) is 4.13. The highest BCUT2D eigenvalue weighted by atomic mass is 79.9. The van der Waals surface area contributed by atoms with E-state index in [1.165, 1.54) is 24.0 Å². The topological polar surface area (TPSA) is 30.7 Å². The molecule has 0 bridgehead atoms. The van der Waals surface area contributed by atoms with E-state index in [4.69, 9.17) is 0 Å². The molecule has 100 valence electrons. The van der Waals surface area contributed by atoms with E-state index in [1.54, 1.807) is 0 Å². The van der Waals surface area contributed by atoms with Crippen molar-refractivity contribution < 1.29 is 0 Å². The molecular weight excluding hydrogens is 302 g/mol. The van der Waals surface area contributed by atoms with Crippen LogP contribution >= 0.6 is 15.9 Å². The predicted octanol–water partition coefficient (Wildman–Crippen LogP) is 3.60. The summed E-state index contributed by atoms with van der Waals surface area (Å²) in [6, 6.07) is 9.41. The van der Waals surface area contributed by atoms with Gasteiger partial charge in [0.15, 0.2) is 0 Å². The molecule has 0 saturated heterocycles. The lowest BCUT2D eigenvalue weighted by Crippen LogP contribution is -2.06. The average Bonchev–Trinajstić information content (AvgIpc) is 3.18. The van der Waals surface area contributed by atoms with Gasteiger partial charge in [-0.05, 0) is 31.7 Å². The first-order valence-electron chi connectivity index (χ1n) is 6.82. The highest BCUT2D eigenvalue weighted by Crippen LogP contribution is 2.37. The van der Waals surface area contributed by atoms with Gasteiger partial charge in [0, 0.05) is 12.5 Å². The van der Waals surface area contributed by atoms with E-state index in [2.05, 4.69) is 61.9 Å². The Hall–Kier alpha value is -1.16. The molecule has 0 spiro atoms. The number of rotatable bonds is 5. The lowest BCUT2D eigenvalue weighted by atomic mass is 10.1. The SMILES string of the molecule is Cc1ccc(CCc2nnc(CBr)n2C2CC2)cc1. The summed E-state index contributed by atoms with van der Waals surface area (Å²) in [5, 5.41) is 9.44. The highest BCUT2D eigenvalue weighted by Gasteiger charge is 2.28. The molecule has 3 nitrogen and oxygen atoms in total. The minimum Gasteiger partial charge on any atom is -0.311 e. The standard InChI is InChI=1S/C15H18BrN3/c1-11-2-4-12(5-3-11)6-9-14-17-18-15(10-16)19(14)13-7-8-13/h2-5,13H,6-10H2,1H3. The van der Waals surface area contributed by atoms with Crippen LogP contribution in [0.4, 0.5) is 0 Å². The minimum absolute atomic E-state index is 0.649.